The minimum atomic E-state index is -4.63. The molecule has 1 aromatic carbocycles. The number of hydrogen-bond acceptors (Lipinski definition) is 2. The molecule has 1 aromatic rings. The first-order valence-electron chi connectivity index (χ1n) is 4.30. The van der Waals surface area contributed by atoms with E-state index in [1.807, 2.05) is 0 Å². The third-order valence-corrected chi connectivity index (χ3v) is 1.95. The van der Waals surface area contributed by atoms with Crippen LogP contribution in [0.1, 0.15) is 29.3 Å². The predicted molar refractivity (Wildman–Crippen MR) is 47.7 cm³/mol. The Hall–Kier alpha value is -1.52. The lowest BCUT2D eigenvalue weighted by Crippen LogP contribution is -2.12. The van der Waals surface area contributed by atoms with E-state index in [1.54, 1.807) is 0 Å². The summed E-state index contributed by atoms with van der Waals surface area (Å²) in [5.74, 6) is -1.35. The van der Waals surface area contributed by atoms with Crippen LogP contribution in [0.5, 0.6) is 5.75 Å². The third kappa shape index (κ3) is 2.29. The van der Waals surface area contributed by atoms with E-state index < -0.39 is 28.8 Å². The van der Waals surface area contributed by atoms with Gasteiger partial charge in [0.15, 0.2) is 5.78 Å². The largest absolute Gasteiger partial charge is 0.507 e. The summed E-state index contributed by atoms with van der Waals surface area (Å²) in [6.07, 6.45) is -4.71. The highest BCUT2D eigenvalue weighted by molar-refractivity contribution is 5.99. The molecule has 0 atom stereocenters. The quantitative estimate of drug-likeness (QED) is 0.774. The zero-order valence-electron chi connectivity index (χ0n) is 7.93. The number of carbonyl (C=O) groups excluding carboxylic acids is 1. The molecule has 0 fully saturated rings. The number of halogens is 3. The number of ketones is 1. The van der Waals surface area contributed by atoms with Crippen LogP contribution in [-0.2, 0) is 6.18 Å². The molecule has 0 aliphatic heterocycles. The zero-order chi connectivity index (χ0) is 11.6. The Kier molecular flexibility index (Phi) is 3.02. The van der Waals surface area contributed by atoms with Crippen LogP contribution in [0, 0.1) is 0 Å². The van der Waals surface area contributed by atoms with Gasteiger partial charge in [-0.2, -0.15) is 13.2 Å². The van der Waals surface area contributed by atoms with Crippen molar-refractivity contribution < 1.29 is 23.1 Å². The van der Waals surface area contributed by atoms with Gasteiger partial charge in [0.05, 0.1) is 11.1 Å². The van der Waals surface area contributed by atoms with Crippen molar-refractivity contribution in [1.82, 2.24) is 0 Å². The minimum absolute atomic E-state index is 0.0827. The number of benzene rings is 1. The van der Waals surface area contributed by atoms with Crippen LogP contribution < -0.4 is 0 Å². The average Bonchev–Trinajstić information content (AvgIpc) is 2.15. The Morgan fingerprint density at radius 1 is 1.40 bits per heavy atom. The van der Waals surface area contributed by atoms with E-state index in [9.17, 15) is 23.1 Å². The van der Waals surface area contributed by atoms with Crippen molar-refractivity contribution >= 4 is 5.78 Å². The standard InChI is InChI=1S/C10H9F3O2/c1-2-7(14)9-6(10(11,12)13)4-3-5-8(9)15/h3-5,15H,2H2,1H3. The maximum atomic E-state index is 12.5. The van der Waals surface area contributed by atoms with Gasteiger partial charge in [-0.1, -0.05) is 13.0 Å². The number of Topliss-reactive ketones (excluding diaryl/α,β-unsaturated/α-hetero) is 1. The second-order valence-corrected chi connectivity index (χ2v) is 2.97. The van der Waals surface area contributed by atoms with E-state index in [4.69, 9.17) is 0 Å². The van der Waals surface area contributed by atoms with Gasteiger partial charge in [0.2, 0.25) is 0 Å². The number of hydrogen-bond donors (Lipinski definition) is 1. The molecule has 0 aliphatic rings. The molecule has 0 radical (unpaired) electrons. The first-order chi connectivity index (χ1) is 6.88. The minimum Gasteiger partial charge on any atom is -0.507 e. The lowest BCUT2D eigenvalue weighted by Gasteiger charge is -2.12. The monoisotopic (exact) mass is 218 g/mol. The van der Waals surface area contributed by atoms with Crippen molar-refractivity contribution in [1.29, 1.82) is 0 Å². The molecular weight excluding hydrogens is 209 g/mol. The van der Waals surface area contributed by atoms with Crippen LogP contribution >= 0.6 is 0 Å². The molecule has 0 spiro atoms. The number of phenolic OH excluding ortho intramolecular Hbond substituents is 1. The van der Waals surface area contributed by atoms with Gasteiger partial charge in [0.1, 0.15) is 5.75 Å². The number of carbonyl (C=O) groups is 1. The average molecular weight is 218 g/mol. The Morgan fingerprint density at radius 2 is 2.00 bits per heavy atom. The van der Waals surface area contributed by atoms with Crippen molar-refractivity contribution in [3.05, 3.63) is 29.3 Å². The second kappa shape index (κ2) is 3.92. The van der Waals surface area contributed by atoms with E-state index >= 15 is 0 Å². The van der Waals surface area contributed by atoms with Crippen molar-refractivity contribution in [2.75, 3.05) is 0 Å². The zero-order valence-corrected chi connectivity index (χ0v) is 7.93. The van der Waals surface area contributed by atoms with Crippen LogP contribution in [0.15, 0.2) is 18.2 Å². The summed E-state index contributed by atoms with van der Waals surface area (Å²) >= 11 is 0. The lowest BCUT2D eigenvalue weighted by molar-refractivity contribution is -0.138. The number of rotatable bonds is 2. The molecule has 82 valence electrons. The van der Waals surface area contributed by atoms with Gasteiger partial charge >= 0.3 is 6.18 Å². The van der Waals surface area contributed by atoms with Crippen LogP contribution in [0.25, 0.3) is 0 Å². The molecule has 0 aliphatic carbocycles. The van der Waals surface area contributed by atoms with Gasteiger partial charge in [0.25, 0.3) is 0 Å². The molecule has 0 aromatic heterocycles. The van der Waals surface area contributed by atoms with E-state index in [2.05, 4.69) is 0 Å². The van der Waals surface area contributed by atoms with Gasteiger partial charge in [-0.3, -0.25) is 4.79 Å². The first-order valence-corrected chi connectivity index (χ1v) is 4.30. The van der Waals surface area contributed by atoms with Gasteiger partial charge < -0.3 is 5.11 Å². The summed E-state index contributed by atoms with van der Waals surface area (Å²) in [6, 6.07) is 2.91. The molecule has 0 saturated carbocycles. The van der Waals surface area contributed by atoms with Crippen molar-refractivity contribution in [3.8, 4) is 5.75 Å². The summed E-state index contributed by atoms with van der Waals surface area (Å²) < 4.78 is 37.4. The molecule has 1 N–H and O–H groups in total. The second-order valence-electron chi connectivity index (χ2n) is 2.97. The highest BCUT2D eigenvalue weighted by Crippen LogP contribution is 2.36. The van der Waals surface area contributed by atoms with Crippen molar-refractivity contribution in [2.45, 2.75) is 19.5 Å². The van der Waals surface area contributed by atoms with Crippen LogP contribution in [0.3, 0.4) is 0 Å². The van der Waals surface area contributed by atoms with Gasteiger partial charge in [-0.25, -0.2) is 0 Å². The highest BCUT2D eigenvalue weighted by Gasteiger charge is 2.36. The Balaban J connectivity index is 3.40. The summed E-state index contributed by atoms with van der Waals surface area (Å²) in [5.41, 5.74) is -1.73. The topological polar surface area (TPSA) is 37.3 Å². The lowest BCUT2D eigenvalue weighted by atomic mass is 10.0. The summed E-state index contributed by atoms with van der Waals surface area (Å²) in [7, 11) is 0. The van der Waals surface area contributed by atoms with Gasteiger partial charge in [-0.05, 0) is 12.1 Å². The molecule has 1 rings (SSSR count). The fourth-order valence-electron chi connectivity index (χ4n) is 1.25. The van der Waals surface area contributed by atoms with E-state index in [1.165, 1.54) is 6.92 Å². The van der Waals surface area contributed by atoms with Gasteiger partial charge in [-0.15, -0.1) is 0 Å². The van der Waals surface area contributed by atoms with Crippen LogP contribution in [-0.4, -0.2) is 10.9 Å². The number of phenols is 1. The maximum Gasteiger partial charge on any atom is 0.417 e. The SMILES string of the molecule is CCC(=O)c1c(O)cccc1C(F)(F)F. The van der Waals surface area contributed by atoms with E-state index in [0.29, 0.717) is 0 Å². The van der Waals surface area contributed by atoms with Crippen molar-refractivity contribution in [3.63, 3.8) is 0 Å². The Bertz CT molecular complexity index is 383. The van der Waals surface area contributed by atoms with E-state index in [0.717, 1.165) is 18.2 Å². The van der Waals surface area contributed by atoms with Crippen LogP contribution in [0.2, 0.25) is 0 Å². The smallest absolute Gasteiger partial charge is 0.417 e. The molecule has 0 bridgehead atoms. The van der Waals surface area contributed by atoms with Crippen LogP contribution in [0.4, 0.5) is 13.2 Å². The molecule has 0 amide bonds. The fourth-order valence-corrected chi connectivity index (χ4v) is 1.25. The molecule has 0 unspecified atom stereocenters. The van der Waals surface area contributed by atoms with Gasteiger partial charge in [0, 0.05) is 6.42 Å². The molecule has 0 heterocycles. The molecular formula is C10H9F3O2. The highest BCUT2D eigenvalue weighted by atomic mass is 19.4. The Morgan fingerprint density at radius 3 is 2.47 bits per heavy atom. The number of alkyl halides is 3. The summed E-state index contributed by atoms with van der Waals surface area (Å²) in [5, 5.41) is 9.24. The molecule has 5 heteroatoms. The summed E-state index contributed by atoms with van der Waals surface area (Å²) in [4.78, 5) is 11.2. The molecule has 15 heavy (non-hydrogen) atoms. The van der Waals surface area contributed by atoms with E-state index in [-0.39, 0.29) is 6.42 Å². The maximum absolute atomic E-state index is 12.5. The predicted octanol–water partition coefficient (Wildman–Crippen LogP) is 3.00. The Labute approximate surface area is 84.3 Å². The fraction of sp³-hybridized carbons (Fsp3) is 0.300. The van der Waals surface area contributed by atoms with Crippen molar-refractivity contribution in [2.24, 2.45) is 0 Å². The summed E-state index contributed by atoms with van der Waals surface area (Å²) in [6.45, 7) is 1.44. The number of aromatic hydroxyl groups is 1. The normalized spacial score (nSPS) is 11.5. The third-order valence-electron chi connectivity index (χ3n) is 1.95. The molecule has 0 saturated heterocycles. The molecule has 2 nitrogen and oxygen atoms in total. The first kappa shape index (κ1) is 11.6.